The van der Waals surface area contributed by atoms with Gasteiger partial charge in [0.2, 0.25) is 0 Å². The number of aromatic nitrogens is 1. The van der Waals surface area contributed by atoms with Gasteiger partial charge in [-0.25, -0.2) is 4.98 Å². The molecule has 0 atom stereocenters. The van der Waals surface area contributed by atoms with Gasteiger partial charge in [0.05, 0.1) is 0 Å². The number of nitrogens with one attached hydrogen (secondary N) is 1. The van der Waals surface area contributed by atoms with Crippen molar-refractivity contribution < 1.29 is 9.21 Å². The number of anilines is 1. The molecule has 2 heterocycles. The van der Waals surface area contributed by atoms with Crippen LogP contribution in [0.1, 0.15) is 22.0 Å². The van der Waals surface area contributed by atoms with E-state index < -0.39 is 5.91 Å². The van der Waals surface area contributed by atoms with Gasteiger partial charge in [-0.05, 0) is 36.8 Å². The Labute approximate surface area is 159 Å². The van der Waals surface area contributed by atoms with Gasteiger partial charge in [-0.15, -0.1) is 11.3 Å². The molecule has 7 heteroatoms. The van der Waals surface area contributed by atoms with E-state index in [4.69, 9.17) is 16.0 Å². The van der Waals surface area contributed by atoms with Gasteiger partial charge in [-0.1, -0.05) is 23.7 Å². The molecule has 0 saturated heterocycles. The first-order valence-corrected chi connectivity index (χ1v) is 8.91. The van der Waals surface area contributed by atoms with Crippen molar-refractivity contribution in [2.75, 3.05) is 5.32 Å². The number of aryl methyl sites for hydroxylation is 1. The Morgan fingerprint density at radius 3 is 2.96 bits per heavy atom. The van der Waals surface area contributed by atoms with Gasteiger partial charge >= 0.3 is 0 Å². The molecule has 0 saturated carbocycles. The first-order chi connectivity index (χ1) is 12.5. The van der Waals surface area contributed by atoms with Crippen LogP contribution in [0.4, 0.5) is 5.13 Å². The summed E-state index contributed by atoms with van der Waals surface area (Å²) in [6.45, 7) is 1.79. The molecule has 0 radical (unpaired) electrons. The third-order valence-corrected chi connectivity index (χ3v) is 4.60. The molecule has 26 heavy (non-hydrogen) atoms. The molecular formula is C19H14ClN3O2S. The number of furan rings is 1. The third-order valence-electron chi connectivity index (χ3n) is 3.45. The quantitative estimate of drug-likeness (QED) is 0.505. The Kier molecular flexibility index (Phi) is 5.52. The molecule has 0 aliphatic heterocycles. The van der Waals surface area contributed by atoms with Gasteiger partial charge < -0.3 is 4.42 Å². The molecule has 1 amide bonds. The number of carbonyl (C=O) groups is 1. The standard InChI is InChI=1S/C19H14ClN3O2S/c1-12-5-6-16(25-12)9-14(10-21)18(24)23-19-22-11-17(26-19)8-13-3-2-4-15(20)7-13/h2-7,9,11H,8H2,1H3,(H,22,23,24)/b14-9+. The van der Waals surface area contributed by atoms with Crippen LogP contribution in [0.3, 0.4) is 0 Å². The first-order valence-electron chi connectivity index (χ1n) is 7.72. The second kappa shape index (κ2) is 8.00. The van der Waals surface area contributed by atoms with Crippen molar-refractivity contribution in [3.63, 3.8) is 0 Å². The molecule has 0 unspecified atom stereocenters. The number of benzene rings is 1. The van der Waals surface area contributed by atoms with Crippen LogP contribution >= 0.6 is 22.9 Å². The van der Waals surface area contributed by atoms with Crippen molar-refractivity contribution in [3.05, 3.63) is 75.2 Å². The highest BCUT2D eigenvalue weighted by molar-refractivity contribution is 7.15. The number of halogens is 1. The maximum atomic E-state index is 12.3. The number of rotatable bonds is 5. The third kappa shape index (κ3) is 4.60. The van der Waals surface area contributed by atoms with Crippen LogP contribution < -0.4 is 5.32 Å². The molecule has 1 N–H and O–H groups in total. The van der Waals surface area contributed by atoms with Crippen LogP contribution in [-0.4, -0.2) is 10.9 Å². The van der Waals surface area contributed by atoms with Crippen LogP contribution in [0, 0.1) is 18.3 Å². The average Bonchev–Trinajstić information content (AvgIpc) is 3.21. The zero-order valence-electron chi connectivity index (χ0n) is 13.8. The fourth-order valence-electron chi connectivity index (χ4n) is 2.28. The lowest BCUT2D eigenvalue weighted by Gasteiger charge is -2.00. The zero-order valence-corrected chi connectivity index (χ0v) is 15.4. The summed E-state index contributed by atoms with van der Waals surface area (Å²) in [5.74, 6) is 0.639. The number of hydrogen-bond acceptors (Lipinski definition) is 5. The highest BCUT2D eigenvalue weighted by Crippen LogP contribution is 2.23. The summed E-state index contributed by atoms with van der Waals surface area (Å²) >= 11 is 7.34. The lowest BCUT2D eigenvalue weighted by atomic mass is 10.1. The summed E-state index contributed by atoms with van der Waals surface area (Å²) in [6.07, 6.45) is 3.77. The number of nitriles is 1. The largest absolute Gasteiger partial charge is 0.462 e. The van der Waals surface area contributed by atoms with Gasteiger partial charge in [0.25, 0.3) is 5.91 Å². The molecule has 130 valence electrons. The second-order valence-corrected chi connectivity index (χ2v) is 7.06. The smallest absolute Gasteiger partial charge is 0.268 e. The van der Waals surface area contributed by atoms with Crippen molar-refractivity contribution in [1.29, 1.82) is 5.26 Å². The van der Waals surface area contributed by atoms with Crippen LogP contribution in [0.5, 0.6) is 0 Å². The van der Waals surface area contributed by atoms with E-state index in [1.807, 2.05) is 30.3 Å². The summed E-state index contributed by atoms with van der Waals surface area (Å²) in [5, 5.41) is 13.0. The minimum atomic E-state index is -0.523. The monoisotopic (exact) mass is 383 g/mol. The maximum Gasteiger partial charge on any atom is 0.268 e. The molecule has 0 aliphatic carbocycles. The van der Waals surface area contributed by atoms with Gasteiger partial charge in [0.1, 0.15) is 23.2 Å². The van der Waals surface area contributed by atoms with Gasteiger partial charge in [-0.2, -0.15) is 5.26 Å². The molecule has 0 aliphatic rings. The average molecular weight is 384 g/mol. The Balaban J connectivity index is 1.69. The van der Waals surface area contributed by atoms with E-state index in [2.05, 4.69) is 10.3 Å². The van der Waals surface area contributed by atoms with Crippen molar-refractivity contribution >= 4 is 40.1 Å². The predicted molar refractivity (Wildman–Crippen MR) is 102 cm³/mol. The minimum Gasteiger partial charge on any atom is -0.462 e. The highest BCUT2D eigenvalue weighted by Gasteiger charge is 2.13. The normalized spacial score (nSPS) is 11.2. The minimum absolute atomic E-state index is 0.0501. The lowest BCUT2D eigenvalue weighted by molar-refractivity contribution is -0.112. The number of carbonyl (C=O) groups excluding carboxylic acids is 1. The van der Waals surface area contributed by atoms with E-state index >= 15 is 0 Å². The van der Waals surface area contributed by atoms with Crippen LogP contribution in [0.2, 0.25) is 5.02 Å². The molecule has 0 fully saturated rings. The number of nitrogens with zero attached hydrogens (tertiary/aromatic N) is 2. The van der Waals surface area contributed by atoms with Crippen molar-refractivity contribution in [2.24, 2.45) is 0 Å². The molecule has 1 aromatic carbocycles. The van der Waals surface area contributed by atoms with E-state index in [1.54, 1.807) is 25.3 Å². The van der Waals surface area contributed by atoms with Gasteiger partial charge in [0.15, 0.2) is 5.13 Å². The Morgan fingerprint density at radius 2 is 2.27 bits per heavy atom. The Hall–Kier alpha value is -2.88. The number of amides is 1. The summed E-state index contributed by atoms with van der Waals surface area (Å²) in [5.41, 5.74) is 1.01. The molecule has 0 spiro atoms. The summed E-state index contributed by atoms with van der Waals surface area (Å²) in [6, 6.07) is 12.9. The van der Waals surface area contributed by atoms with E-state index in [0.717, 1.165) is 10.4 Å². The molecule has 0 bridgehead atoms. The van der Waals surface area contributed by atoms with Gasteiger partial charge in [-0.3, -0.25) is 10.1 Å². The predicted octanol–water partition coefficient (Wildman–Crippen LogP) is 4.83. The topological polar surface area (TPSA) is 78.9 Å². The van der Waals surface area contributed by atoms with Crippen molar-refractivity contribution in [1.82, 2.24) is 4.98 Å². The fourth-order valence-corrected chi connectivity index (χ4v) is 3.34. The second-order valence-electron chi connectivity index (χ2n) is 5.51. The fraction of sp³-hybridized carbons (Fsp3) is 0.105. The van der Waals surface area contributed by atoms with E-state index in [0.29, 0.717) is 28.1 Å². The molecular weight excluding hydrogens is 370 g/mol. The zero-order chi connectivity index (χ0) is 18.5. The Bertz CT molecular complexity index is 1010. The maximum absolute atomic E-state index is 12.3. The molecule has 3 rings (SSSR count). The molecule has 3 aromatic rings. The molecule has 5 nitrogen and oxygen atoms in total. The summed E-state index contributed by atoms with van der Waals surface area (Å²) in [4.78, 5) is 17.4. The van der Waals surface area contributed by atoms with Gasteiger partial charge in [0, 0.05) is 28.6 Å². The van der Waals surface area contributed by atoms with Crippen LogP contribution in [0.15, 0.2) is 52.6 Å². The Morgan fingerprint density at radius 1 is 1.42 bits per heavy atom. The molecule has 2 aromatic heterocycles. The first kappa shape index (κ1) is 17.9. The highest BCUT2D eigenvalue weighted by atomic mass is 35.5. The number of hydrogen-bond donors (Lipinski definition) is 1. The van der Waals surface area contributed by atoms with Crippen molar-refractivity contribution in [2.45, 2.75) is 13.3 Å². The van der Waals surface area contributed by atoms with Crippen LogP contribution in [0.25, 0.3) is 6.08 Å². The van der Waals surface area contributed by atoms with Crippen molar-refractivity contribution in [3.8, 4) is 6.07 Å². The van der Waals surface area contributed by atoms with E-state index in [1.165, 1.54) is 17.4 Å². The van der Waals surface area contributed by atoms with E-state index in [-0.39, 0.29) is 5.57 Å². The number of thiazole rings is 1. The van der Waals surface area contributed by atoms with Crippen LogP contribution in [-0.2, 0) is 11.2 Å². The lowest BCUT2D eigenvalue weighted by Crippen LogP contribution is -2.13. The summed E-state index contributed by atoms with van der Waals surface area (Å²) in [7, 11) is 0. The summed E-state index contributed by atoms with van der Waals surface area (Å²) < 4.78 is 5.37. The SMILES string of the molecule is Cc1ccc(/C=C(\C#N)C(=O)Nc2ncc(Cc3cccc(Cl)c3)s2)o1. The van der Waals surface area contributed by atoms with E-state index in [9.17, 15) is 10.1 Å².